The standard InChI is InChI=1S/2C7H7.Ti/c2*1-7-5-3-2-4-6-7;/h2*2-6H,1H2;/q2*-1;+4. The zero-order chi connectivity index (χ0) is 10.2. The first-order chi connectivity index (χ1) is 6.79. The topological polar surface area (TPSA) is 0 Å². The second-order valence-electron chi connectivity index (χ2n) is 2.97. The van der Waals surface area contributed by atoms with Gasteiger partial charge in [-0.2, -0.15) is 49.2 Å². The summed E-state index contributed by atoms with van der Waals surface area (Å²) in [5, 5.41) is 0. The summed E-state index contributed by atoms with van der Waals surface area (Å²) in [5.41, 5.74) is 2.14. The van der Waals surface area contributed by atoms with E-state index >= 15 is 0 Å². The molecule has 0 bridgehead atoms. The van der Waals surface area contributed by atoms with Crippen LogP contribution in [0, 0.1) is 13.8 Å². The number of hydrogen-bond donors (Lipinski definition) is 0. The molecule has 72 valence electrons. The molecule has 0 aliphatic heterocycles. The average Bonchev–Trinajstić information content (AvgIpc) is 2.21. The fourth-order valence-corrected chi connectivity index (χ4v) is 0.956. The molecule has 15 heavy (non-hydrogen) atoms. The minimum atomic E-state index is 0. The van der Waals surface area contributed by atoms with Crippen molar-refractivity contribution in [3.63, 3.8) is 0 Å². The van der Waals surface area contributed by atoms with Crippen LogP contribution in [0.5, 0.6) is 0 Å². The summed E-state index contributed by atoms with van der Waals surface area (Å²) in [6, 6.07) is 19.7. The van der Waals surface area contributed by atoms with Crippen LogP contribution < -0.4 is 0 Å². The number of hydrogen-bond acceptors (Lipinski definition) is 0. The van der Waals surface area contributed by atoms with Crippen LogP contribution in [0.2, 0.25) is 0 Å². The molecule has 0 saturated carbocycles. The molecule has 0 aliphatic carbocycles. The third kappa shape index (κ3) is 6.90. The predicted octanol–water partition coefficient (Wildman–Crippen LogP) is 3.74. The molecule has 1 heteroatoms. The summed E-state index contributed by atoms with van der Waals surface area (Å²) in [6.45, 7) is 7.44. The maximum atomic E-state index is 3.72. The Balaban J connectivity index is 0.000000245. The first kappa shape index (κ1) is 13.9. The Hall–Kier alpha value is -1.11. The van der Waals surface area contributed by atoms with Crippen molar-refractivity contribution in [2.45, 2.75) is 0 Å². The molecule has 0 amide bonds. The van der Waals surface area contributed by atoms with Crippen molar-refractivity contribution in [2.24, 2.45) is 0 Å². The van der Waals surface area contributed by atoms with Crippen molar-refractivity contribution in [1.29, 1.82) is 0 Å². The van der Waals surface area contributed by atoms with E-state index in [1.807, 2.05) is 60.7 Å². The molecular weight excluding hydrogens is 216 g/mol. The summed E-state index contributed by atoms with van der Waals surface area (Å²) in [6.07, 6.45) is 0. The average molecular weight is 230 g/mol. The maximum Gasteiger partial charge on any atom is 4.00 e. The van der Waals surface area contributed by atoms with E-state index in [0.717, 1.165) is 11.1 Å². The van der Waals surface area contributed by atoms with Crippen molar-refractivity contribution in [3.05, 3.63) is 85.6 Å². The van der Waals surface area contributed by atoms with Gasteiger partial charge in [-0.1, -0.05) is 12.1 Å². The van der Waals surface area contributed by atoms with E-state index in [4.69, 9.17) is 0 Å². The smallest absolute Gasteiger partial charge is 0.199 e. The second kappa shape index (κ2) is 8.22. The van der Waals surface area contributed by atoms with Gasteiger partial charge in [0, 0.05) is 0 Å². The second-order valence-corrected chi connectivity index (χ2v) is 2.97. The van der Waals surface area contributed by atoms with Crippen molar-refractivity contribution >= 4 is 0 Å². The first-order valence-corrected chi connectivity index (χ1v) is 4.53. The van der Waals surface area contributed by atoms with Gasteiger partial charge >= 0.3 is 21.7 Å². The van der Waals surface area contributed by atoms with Crippen LogP contribution in [0.3, 0.4) is 0 Å². The van der Waals surface area contributed by atoms with Gasteiger partial charge in [-0.15, -0.1) is 24.3 Å². The minimum absolute atomic E-state index is 0. The molecule has 2 aromatic rings. The van der Waals surface area contributed by atoms with Crippen LogP contribution in [0.1, 0.15) is 11.1 Å². The van der Waals surface area contributed by atoms with Crippen molar-refractivity contribution in [2.75, 3.05) is 0 Å². The van der Waals surface area contributed by atoms with Gasteiger partial charge in [-0.25, -0.2) is 0 Å². The first-order valence-electron chi connectivity index (χ1n) is 4.53. The molecule has 0 spiro atoms. The van der Waals surface area contributed by atoms with E-state index in [1.54, 1.807) is 0 Å². The molecule has 0 heterocycles. The summed E-state index contributed by atoms with van der Waals surface area (Å²) in [4.78, 5) is 0. The number of rotatable bonds is 0. The normalized spacial score (nSPS) is 8.00. The molecule has 0 aliphatic rings. The van der Waals surface area contributed by atoms with Crippen LogP contribution in [0.25, 0.3) is 0 Å². The van der Waals surface area contributed by atoms with Crippen LogP contribution >= 0.6 is 0 Å². The Morgan fingerprint density at radius 1 is 0.533 bits per heavy atom. The van der Waals surface area contributed by atoms with Crippen LogP contribution in [-0.2, 0) is 21.7 Å². The monoisotopic (exact) mass is 230 g/mol. The van der Waals surface area contributed by atoms with Gasteiger partial charge in [0.15, 0.2) is 0 Å². The van der Waals surface area contributed by atoms with Gasteiger partial charge < -0.3 is 0 Å². The van der Waals surface area contributed by atoms with E-state index in [-0.39, 0.29) is 21.7 Å². The Labute approximate surface area is 107 Å². The van der Waals surface area contributed by atoms with E-state index in [2.05, 4.69) is 13.8 Å². The van der Waals surface area contributed by atoms with Crippen molar-refractivity contribution in [3.8, 4) is 0 Å². The van der Waals surface area contributed by atoms with E-state index in [9.17, 15) is 0 Å². The Bertz CT molecular complexity index is 303. The van der Waals surface area contributed by atoms with Gasteiger partial charge in [0.2, 0.25) is 0 Å². The van der Waals surface area contributed by atoms with E-state index < -0.39 is 0 Å². The zero-order valence-electron chi connectivity index (χ0n) is 8.69. The summed E-state index contributed by atoms with van der Waals surface area (Å²) in [7, 11) is 0. The van der Waals surface area contributed by atoms with Gasteiger partial charge in [-0.3, -0.25) is 0 Å². The minimum Gasteiger partial charge on any atom is -0.199 e. The van der Waals surface area contributed by atoms with Crippen molar-refractivity contribution in [1.82, 2.24) is 0 Å². The Morgan fingerprint density at radius 2 is 0.800 bits per heavy atom. The Kier molecular flexibility index (Phi) is 7.62. The van der Waals surface area contributed by atoms with Gasteiger partial charge in [0.25, 0.3) is 0 Å². The maximum absolute atomic E-state index is 3.72. The zero-order valence-corrected chi connectivity index (χ0v) is 10.2. The van der Waals surface area contributed by atoms with Gasteiger partial charge in [0.05, 0.1) is 0 Å². The molecule has 0 N–H and O–H groups in total. The molecular formula is C14H14Ti+2. The third-order valence-corrected chi connectivity index (χ3v) is 1.69. The fraction of sp³-hybridized carbons (Fsp3) is 0. The van der Waals surface area contributed by atoms with Crippen LogP contribution in [0.15, 0.2) is 60.7 Å². The number of benzene rings is 2. The molecule has 2 rings (SSSR count). The predicted molar refractivity (Wildman–Crippen MR) is 61.8 cm³/mol. The Morgan fingerprint density at radius 3 is 0.933 bits per heavy atom. The molecule has 0 unspecified atom stereocenters. The van der Waals surface area contributed by atoms with Gasteiger partial charge in [0.1, 0.15) is 0 Å². The largest absolute Gasteiger partial charge is 4.00 e. The molecule has 0 nitrogen and oxygen atoms in total. The summed E-state index contributed by atoms with van der Waals surface area (Å²) >= 11 is 0. The summed E-state index contributed by atoms with van der Waals surface area (Å²) < 4.78 is 0. The van der Waals surface area contributed by atoms with E-state index in [1.165, 1.54) is 0 Å². The molecule has 0 fully saturated rings. The van der Waals surface area contributed by atoms with Crippen LogP contribution in [-0.4, -0.2) is 0 Å². The molecule has 0 saturated heterocycles. The molecule has 0 atom stereocenters. The van der Waals surface area contributed by atoms with Crippen molar-refractivity contribution < 1.29 is 21.7 Å². The van der Waals surface area contributed by atoms with Crippen LogP contribution in [0.4, 0.5) is 0 Å². The molecule has 0 radical (unpaired) electrons. The SMILES string of the molecule is [CH2-]c1ccccc1.[CH2-]c1ccccc1.[Ti+4]. The summed E-state index contributed by atoms with van der Waals surface area (Å²) in [5.74, 6) is 0. The quantitative estimate of drug-likeness (QED) is 0.477. The fourth-order valence-electron chi connectivity index (χ4n) is 0.956. The molecule has 0 aromatic heterocycles. The van der Waals surface area contributed by atoms with E-state index in [0.29, 0.717) is 0 Å². The molecule has 2 aromatic carbocycles. The van der Waals surface area contributed by atoms with Gasteiger partial charge in [-0.05, 0) is 0 Å². The third-order valence-electron chi connectivity index (χ3n) is 1.69.